The standard InChI is InChI=1S/C25H32Cl2/c1-3-5-7-11-17-25(18-12-8-6-4-2)21-14-10-9-13-19(21)20-15-16-22(26)24(27)23(20)25/h9-10,13-16H,3-8,11-12,17-18H2,1-2H3. The van der Waals surface area contributed by atoms with E-state index in [1.54, 1.807) is 0 Å². The van der Waals surface area contributed by atoms with Crippen LogP contribution in [0, 0.1) is 0 Å². The third-order valence-corrected chi connectivity index (χ3v) is 7.02. The van der Waals surface area contributed by atoms with E-state index in [2.05, 4.69) is 44.2 Å². The molecule has 0 atom stereocenters. The van der Waals surface area contributed by atoms with Crippen LogP contribution < -0.4 is 0 Å². The van der Waals surface area contributed by atoms with E-state index in [4.69, 9.17) is 23.2 Å². The van der Waals surface area contributed by atoms with Gasteiger partial charge in [0, 0.05) is 5.41 Å². The molecule has 27 heavy (non-hydrogen) atoms. The Bertz CT molecular complexity index is 751. The van der Waals surface area contributed by atoms with Gasteiger partial charge in [-0.05, 0) is 41.2 Å². The molecule has 2 aromatic carbocycles. The van der Waals surface area contributed by atoms with Gasteiger partial charge in [0.1, 0.15) is 0 Å². The van der Waals surface area contributed by atoms with E-state index in [1.807, 2.05) is 6.07 Å². The Morgan fingerprint density at radius 2 is 1.33 bits per heavy atom. The van der Waals surface area contributed by atoms with Crippen molar-refractivity contribution in [3.05, 3.63) is 57.6 Å². The predicted octanol–water partition coefficient (Wildman–Crippen LogP) is 9.20. The zero-order valence-corrected chi connectivity index (χ0v) is 18.3. The van der Waals surface area contributed by atoms with Gasteiger partial charge in [0.15, 0.2) is 0 Å². The Balaban J connectivity index is 2.05. The van der Waals surface area contributed by atoms with Crippen molar-refractivity contribution >= 4 is 23.2 Å². The fourth-order valence-corrected chi connectivity index (χ4v) is 5.37. The average molecular weight is 403 g/mol. The van der Waals surface area contributed by atoms with Crippen molar-refractivity contribution in [2.45, 2.75) is 83.5 Å². The van der Waals surface area contributed by atoms with Crippen LogP contribution >= 0.6 is 23.2 Å². The predicted molar refractivity (Wildman–Crippen MR) is 120 cm³/mol. The molecular formula is C25H32Cl2. The fraction of sp³-hybridized carbons (Fsp3) is 0.520. The Labute approximate surface area is 175 Å². The molecule has 2 heteroatoms. The molecule has 0 aliphatic heterocycles. The van der Waals surface area contributed by atoms with Crippen molar-refractivity contribution in [1.82, 2.24) is 0 Å². The van der Waals surface area contributed by atoms with Crippen molar-refractivity contribution in [3.63, 3.8) is 0 Å². The Hall–Kier alpha value is -0.980. The normalized spacial score (nSPS) is 14.2. The summed E-state index contributed by atoms with van der Waals surface area (Å²) in [5.41, 5.74) is 5.45. The summed E-state index contributed by atoms with van der Waals surface area (Å²) < 4.78 is 0. The van der Waals surface area contributed by atoms with E-state index < -0.39 is 0 Å². The molecule has 0 bridgehead atoms. The third kappa shape index (κ3) is 4.08. The summed E-state index contributed by atoms with van der Waals surface area (Å²) in [4.78, 5) is 0. The molecule has 0 radical (unpaired) electrons. The van der Waals surface area contributed by atoms with Crippen LogP contribution in [0.5, 0.6) is 0 Å². The maximum absolute atomic E-state index is 6.86. The number of hydrogen-bond donors (Lipinski definition) is 0. The van der Waals surface area contributed by atoms with Gasteiger partial charge in [-0.25, -0.2) is 0 Å². The molecule has 1 aliphatic rings. The van der Waals surface area contributed by atoms with Crippen LogP contribution in [0.25, 0.3) is 11.1 Å². The molecule has 1 aliphatic carbocycles. The highest BCUT2D eigenvalue weighted by Crippen LogP contribution is 2.57. The van der Waals surface area contributed by atoms with E-state index in [0.717, 1.165) is 5.02 Å². The maximum Gasteiger partial charge on any atom is 0.0639 e. The molecule has 0 spiro atoms. The number of rotatable bonds is 10. The first-order valence-corrected chi connectivity index (χ1v) is 11.5. The quantitative estimate of drug-likeness (QED) is 0.347. The molecule has 0 heterocycles. The highest BCUT2D eigenvalue weighted by Gasteiger charge is 2.43. The van der Waals surface area contributed by atoms with Crippen molar-refractivity contribution in [1.29, 1.82) is 0 Å². The van der Waals surface area contributed by atoms with E-state index >= 15 is 0 Å². The summed E-state index contributed by atoms with van der Waals surface area (Å²) in [5, 5.41) is 1.46. The molecule has 0 N–H and O–H groups in total. The monoisotopic (exact) mass is 402 g/mol. The van der Waals surface area contributed by atoms with Crippen LogP contribution in [0.1, 0.15) is 89.2 Å². The van der Waals surface area contributed by atoms with Crippen molar-refractivity contribution in [2.24, 2.45) is 0 Å². The van der Waals surface area contributed by atoms with E-state index in [-0.39, 0.29) is 5.41 Å². The van der Waals surface area contributed by atoms with E-state index in [0.29, 0.717) is 5.02 Å². The summed E-state index contributed by atoms with van der Waals surface area (Å²) in [6, 6.07) is 13.1. The molecule has 0 saturated heterocycles. The van der Waals surface area contributed by atoms with Crippen LogP contribution in [0.15, 0.2) is 36.4 Å². The molecule has 0 unspecified atom stereocenters. The number of benzene rings is 2. The highest BCUT2D eigenvalue weighted by molar-refractivity contribution is 6.43. The average Bonchev–Trinajstić information content (AvgIpc) is 2.96. The zero-order valence-electron chi connectivity index (χ0n) is 16.8. The second-order valence-electron chi connectivity index (χ2n) is 8.03. The Morgan fingerprint density at radius 1 is 0.704 bits per heavy atom. The lowest BCUT2D eigenvalue weighted by molar-refractivity contribution is 0.401. The van der Waals surface area contributed by atoms with Crippen molar-refractivity contribution < 1.29 is 0 Å². The molecular weight excluding hydrogens is 371 g/mol. The van der Waals surface area contributed by atoms with E-state index in [9.17, 15) is 0 Å². The summed E-state index contributed by atoms with van der Waals surface area (Å²) in [5.74, 6) is 0. The van der Waals surface area contributed by atoms with Gasteiger partial charge in [-0.2, -0.15) is 0 Å². The topological polar surface area (TPSA) is 0 Å². The lowest BCUT2D eigenvalue weighted by Gasteiger charge is -2.33. The first-order chi connectivity index (χ1) is 13.2. The fourth-order valence-electron chi connectivity index (χ4n) is 4.86. The van der Waals surface area contributed by atoms with Gasteiger partial charge in [-0.1, -0.05) is 119 Å². The second kappa shape index (κ2) is 9.48. The van der Waals surface area contributed by atoms with Gasteiger partial charge in [-0.3, -0.25) is 0 Å². The van der Waals surface area contributed by atoms with Crippen LogP contribution in [0.3, 0.4) is 0 Å². The minimum atomic E-state index is 0.0232. The van der Waals surface area contributed by atoms with Crippen molar-refractivity contribution in [3.8, 4) is 11.1 Å². The van der Waals surface area contributed by atoms with Gasteiger partial charge in [0.25, 0.3) is 0 Å². The third-order valence-electron chi connectivity index (χ3n) is 6.22. The zero-order chi connectivity index (χ0) is 19.3. The lowest BCUT2D eigenvalue weighted by Crippen LogP contribution is -2.26. The SMILES string of the molecule is CCCCCCC1(CCCCCC)c2ccccc2-c2ccc(Cl)c(Cl)c21. The second-order valence-corrected chi connectivity index (χ2v) is 8.82. The summed E-state index contributed by atoms with van der Waals surface area (Å²) >= 11 is 13.4. The summed E-state index contributed by atoms with van der Waals surface area (Å²) in [6.07, 6.45) is 12.6. The molecule has 3 rings (SSSR count). The van der Waals surface area contributed by atoms with Gasteiger partial charge in [0.05, 0.1) is 10.0 Å². The number of halogens is 2. The van der Waals surface area contributed by atoms with Gasteiger partial charge in [0.2, 0.25) is 0 Å². The minimum Gasteiger partial charge on any atom is -0.0827 e. The largest absolute Gasteiger partial charge is 0.0827 e. The lowest BCUT2D eigenvalue weighted by atomic mass is 9.70. The number of fused-ring (bicyclic) bond motifs is 3. The van der Waals surface area contributed by atoms with Crippen LogP contribution in [0.2, 0.25) is 10.0 Å². The van der Waals surface area contributed by atoms with E-state index in [1.165, 1.54) is 86.5 Å². The molecule has 0 amide bonds. The molecule has 0 nitrogen and oxygen atoms in total. The van der Waals surface area contributed by atoms with Crippen LogP contribution in [-0.2, 0) is 5.41 Å². The van der Waals surface area contributed by atoms with Gasteiger partial charge < -0.3 is 0 Å². The van der Waals surface area contributed by atoms with Crippen LogP contribution in [0.4, 0.5) is 0 Å². The summed E-state index contributed by atoms with van der Waals surface area (Å²) in [6.45, 7) is 4.55. The first kappa shape index (κ1) is 20.7. The molecule has 0 aromatic heterocycles. The van der Waals surface area contributed by atoms with Crippen LogP contribution in [-0.4, -0.2) is 0 Å². The Kier molecular flexibility index (Phi) is 7.29. The molecule has 146 valence electrons. The Morgan fingerprint density at radius 3 is 1.96 bits per heavy atom. The van der Waals surface area contributed by atoms with Gasteiger partial charge in [-0.15, -0.1) is 0 Å². The molecule has 0 saturated carbocycles. The summed E-state index contributed by atoms with van der Waals surface area (Å²) in [7, 11) is 0. The highest BCUT2D eigenvalue weighted by atomic mass is 35.5. The van der Waals surface area contributed by atoms with Gasteiger partial charge >= 0.3 is 0 Å². The molecule has 2 aromatic rings. The number of hydrogen-bond acceptors (Lipinski definition) is 0. The minimum absolute atomic E-state index is 0.0232. The first-order valence-electron chi connectivity index (χ1n) is 10.7. The van der Waals surface area contributed by atoms with Crippen molar-refractivity contribution in [2.75, 3.05) is 0 Å². The maximum atomic E-state index is 6.86. The molecule has 0 fully saturated rings. The smallest absolute Gasteiger partial charge is 0.0639 e. The number of unbranched alkanes of at least 4 members (excludes halogenated alkanes) is 6.